The summed E-state index contributed by atoms with van der Waals surface area (Å²) in [5.74, 6) is 0. The number of nitrogens with one attached hydrogen (secondary N) is 2. The second-order valence-corrected chi connectivity index (χ2v) is 4.27. The van der Waals surface area contributed by atoms with Crippen molar-refractivity contribution in [2.45, 2.75) is 19.6 Å². The van der Waals surface area contributed by atoms with Gasteiger partial charge in [0.25, 0.3) is 0 Å². The summed E-state index contributed by atoms with van der Waals surface area (Å²) in [7, 11) is 3.07. The van der Waals surface area contributed by atoms with Crippen LogP contribution in [0.4, 0.5) is 4.79 Å². The van der Waals surface area contributed by atoms with Gasteiger partial charge in [-0.2, -0.15) is 0 Å². The van der Waals surface area contributed by atoms with Gasteiger partial charge in [0.15, 0.2) is 6.29 Å². The van der Waals surface area contributed by atoms with Gasteiger partial charge in [-0.3, -0.25) is 0 Å². The molecule has 5 heteroatoms. The van der Waals surface area contributed by atoms with Gasteiger partial charge in [0, 0.05) is 20.8 Å². The van der Waals surface area contributed by atoms with Crippen LogP contribution in [-0.2, 0) is 15.9 Å². The number of ether oxygens (including phenoxy) is 2. The lowest BCUT2D eigenvalue weighted by molar-refractivity contribution is -0.0971. The van der Waals surface area contributed by atoms with Gasteiger partial charge < -0.3 is 20.1 Å². The Hall–Kier alpha value is -1.59. The van der Waals surface area contributed by atoms with Crippen molar-refractivity contribution in [1.82, 2.24) is 10.6 Å². The second-order valence-electron chi connectivity index (χ2n) is 4.27. The van der Waals surface area contributed by atoms with E-state index in [1.807, 2.05) is 0 Å². The molecule has 5 nitrogen and oxygen atoms in total. The first-order chi connectivity index (χ1) is 9.15. The molecular formula is C14H22N2O3. The minimum absolute atomic E-state index is 0.216. The molecule has 2 amide bonds. The van der Waals surface area contributed by atoms with E-state index in [-0.39, 0.29) is 6.03 Å². The fourth-order valence-electron chi connectivity index (χ4n) is 1.58. The van der Waals surface area contributed by atoms with E-state index in [9.17, 15) is 4.79 Å². The number of carbonyl (C=O) groups excluding carboxylic acids is 1. The fourth-order valence-corrected chi connectivity index (χ4v) is 1.58. The van der Waals surface area contributed by atoms with Crippen LogP contribution in [0.5, 0.6) is 0 Å². The Morgan fingerprint density at radius 3 is 2.37 bits per heavy atom. The molecule has 0 saturated carbocycles. The van der Waals surface area contributed by atoms with E-state index in [4.69, 9.17) is 9.47 Å². The van der Waals surface area contributed by atoms with Crippen molar-refractivity contribution in [2.24, 2.45) is 0 Å². The molecule has 0 aliphatic rings. The van der Waals surface area contributed by atoms with E-state index >= 15 is 0 Å². The highest BCUT2D eigenvalue weighted by Crippen LogP contribution is 2.02. The minimum Gasteiger partial charge on any atom is -0.354 e. The molecule has 0 fully saturated rings. The van der Waals surface area contributed by atoms with Gasteiger partial charge in [0.2, 0.25) is 0 Å². The maximum atomic E-state index is 11.5. The first-order valence-electron chi connectivity index (χ1n) is 6.28. The van der Waals surface area contributed by atoms with E-state index in [1.165, 1.54) is 25.3 Å². The molecule has 1 aromatic carbocycles. The highest BCUT2D eigenvalue weighted by molar-refractivity contribution is 5.73. The third-order valence-corrected chi connectivity index (χ3v) is 2.77. The van der Waals surface area contributed by atoms with Crippen molar-refractivity contribution in [1.29, 1.82) is 0 Å². The summed E-state index contributed by atoms with van der Waals surface area (Å²) in [4.78, 5) is 11.5. The van der Waals surface area contributed by atoms with Crippen molar-refractivity contribution >= 4 is 6.03 Å². The smallest absolute Gasteiger partial charge is 0.314 e. The van der Waals surface area contributed by atoms with Crippen LogP contribution >= 0.6 is 0 Å². The lowest BCUT2D eigenvalue weighted by atomic mass is 10.1. The monoisotopic (exact) mass is 266 g/mol. The number of benzene rings is 1. The van der Waals surface area contributed by atoms with Crippen LogP contribution < -0.4 is 10.6 Å². The first-order valence-corrected chi connectivity index (χ1v) is 6.28. The molecule has 0 bridgehead atoms. The zero-order valence-electron chi connectivity index (χ0n) is 11.7. The number of hydrogen-bond donors (Lipinski definition) is 2. The first kappa shape index (κ1) is 15.5. The number of methoxy groups -OCH3 is 2. The normalized spacial score (nSPS) is 10.5. The van der Waals surface area contributed by atoms with Crippen LogP contribution in [0, 0.1) is 6.92 Å². The topological polar surface area (TPSA) is 59.6 Å². The molecular weight excluding hydrogens is 244 g/mol. The van der Waals surface area contributed by atoms with Gasteiger partial charge in [0.05, 0.1) is 6.54 Å². The van der Waals surface area contributed by atoms with Gasteiger partial charge >= 0.3 is 6.03 Å². The summed E-state index contributed by atoms with van der Waals surface area (Å²) >= 11 is 0. The maximum absolute atomic E-state index is 11.5. The van der Waals surface area contributed by atoms with Gasteiger partial charge in [-0.25, -0.2) is 4.79 Å². The van der Waals surface area contributed by atoms with Gasteiger partial charge in [-0.15, -0.1) is 0 Å². The molecule has 2 N–H and O–H groups in total. The van der Waals surface area contributed by atoms with Crippen LogP contribution in [0.2, 0.25) is 0 Å². The molecule has 0 atom stereocenters. The zero-order chi connectivity index (χ0) is 14.1. The van der Waals surface area contributed by atoms with Crippen LogP contribution in [0.25, 0.3) is 0 Å². The lowest BCUT2D eigenvalue weighted by Gasteiger charge is -2.14. The summed E-state index contributed by atoms with van der Waals surface area (Å²) in [5.41, 5.74) is 2.44. The number of aryl methyl sites for hydroxylation is 1. The van der Waals surface area contributed by atoms with Crippen molar-refractivity contribution in [2.75, 3.05) is 27.3 Å². The predicted octanol–water partition coefficient (Wildman–Crippen LogP) is 1.46. The van der Waals surface area contributed by atoms with Crippen molar-refractivity contribution in [3.8, 4) is 0 Å². The number of rotatable bonds is 7. The summed E-state index contributed by atoms with van der Waals surface area (Å²) in [6.07, 6.45) is 0.397. The Morgan fingerprint density at radius 1 is 1.16 bits per heavy atom. The van der Waals surface area contributed by atoms with E-state index in [2.05, 4.69) is 41.8 Å². The van der Waals surface area contributed by atoms with Crippen molar-refractivity contribution in [3.05, 3.63) is 35.4 Å². The molecule has 1 aromatic rings. The highest BCUT2D eigenvalue weighted by atomic mass is 16.7. The molecule has 0 aliphatic heterocycles. The minimum atomic E-state index is -0.414. The molecule has 0 aromatic heterocycles. The van der Waals surface area contributed by atoms with E-state index in [0.717, 1.165) is 6.42 Å². The Bertz CT molecular complexity index is 375. The van der Waals surface area contributed by atoms with Gasteiger partial charge in [0.1, 0.15) is 0 Å². The van der Waals surface area contributed by atoms with Gasteiger partial charge in [-0.05, 0) is 18.9 Å². The van der Waals surface area contributed by atoms with Gasteiger partial charge in [-0.1, -0.05) is 29.8 Å². The standard InChI is InChI=1S/C14H22N2O3/c1-11-4-6-12(7-5-11)8-9-15-14(17)16-10-13(18-2)19-3/h4-7,13H,8-10H2,1-3H3,(H2,15,16,17). The average Bonchev–Trinajstić information content (AvgIpc) is 2.42. The highest BCUT2D eigenvalue weighted by Gasteiger charge is 2.06. The maximum Gasteiger partial charge on any atom is 0.314 e. The van der Waals surface area contributed by atoms with Crippen molar-refractivity contribution in [3.63, 3.8) is 0 Å². The van der Waals surface area contributed by atoms with Crippen LogP contribution in [0.1, 0.15) is 11.1 Å². The number of urea groups is 1. The second kappa shape index (κ2) is 8.50. The SMILES string of the molecule is COC(CNC(=O)NCCc1ccc(C)cc1)OC. The largest absolute Gasteiger partial charge is 0.354 e. The molecule has 1 rings (SSSR count). The molecule has 0 radical (unpaired) electrons. The molecule has 0 aliphatic carbocycles. The molecule has 19 heavy (non-hydrogen) atoms. The number of amides is 2. The lowest BCUT2D eigenvalue weighted by Crippen LogP contribution is -2.41. The summed E-state index contributed by atoms with van der Waals surface area (Å²) in [6.45, 7) is 2.97. The quantitative estimate of drug-likeness (QED) is 0.734. The third kappa shape index (κ3) is 6.22. The molecule has 106 valence electrons. The molecule has 0 unspecified atom stereocenters. The number of hydrogen-bond acceptors (Lipinski definition) is 3. The van der Waals surface area contributed by atoms with Crippen LogP contribution in [0.15, 0.2) is 24.3 Å². The van der Waals surface area contributed by atoms with E-state index in [1.54, 1.807) is 0 Å². The average molecular weight is 266 g/mol. The van der Waals surface area contributed by atoms with E-state index < -0.39 is 6.29 Å². The Morgan fingerprint density at radius 2 is 1.79 bits per heavy atom. The molecule has 0 spiro atoms. The summed E-state index contributed by atoms with van der Waals surface area (Å²) in [5, 5.41) is 5.47. The van der Waals surface area contributed by atoms with Crippen LogP contribution in [-0.4, -0.2) is 39.6 Å². The fraction of sp³-hybridized carbons (Fsp3) is 0.500. The Balaban J connectivity index is 2.18. The summed E-state index contributed by atoms with van der Waals surface area (Å²) in [6, 6.07) is 8.06. The number of carbonyl (C=O) groups is 1. The van der Waals surface area contributed by atoms with Crippen molar-refractivity contribution < 1.29 is 14.3 Å². The third-order valence-electron chi connectivity index (χ3n) is 2.77. The molecule has 0 saturated heterocycles. The summed E-state index contributed by atoms with van der Waals surface area (Å²) < 4.78 is 9.94. The van der Waals surface area contributed by atoms with E-state index in [0.29, 0.717) is 13.1 Å². The Labute approximate surface area is 114 Å². The zero-order valence-corrected chi connectivity index (χ0v) is 11.7. The molecule has 0 heterocycles. The predicted molar refractivity (Wildman–Crippen MR) is 74.1 cm³/mol. The van der Waals surface area contributed by atoms with Crippen LogP contribution in [0.3, 0.4) is 0 Å². The Kier molecular flexibility index (Phi) is 6.92.